The molecule has 0 radical (unpaired) electrons. The lowest BCUT2D eigenvalue weighted by atomic mass is 10.1. The lowest BCUT2D eigenvalue weighted by molar-refractivity contribution is -0.0498. The van der Waals surface area contributed by atoms with E-state index in [1.807, 2.05) is 0 Å². The van der Waals surface area contributed by atoms with Crippen molar-refractivity contribution < 1.29 is 22.7 Å². The molecule has 1 N–H and O–H groups in total. The van der Waals surface area contributed by atoms with E-state index in [9.17, 15) is 18.0 Å². The van der Waals surface area contributed by atoms with E-state index in [1.54, 1.807) is 31.2 Å². The fraction of sp³-hybridized carbons (Fsp3) is 0.211. The molecule has 3 nitrogen and oxygen atoms in total. The van der Waals surface area contributed by atoms with Crippen LogP contribution >= 0.6 is 11.3 Å². The number of carbonyl (C=O) groups is 1. The van der Waals surface area contributed by atoms with Crippen molar-refractivity contribution in [3.63, 3.8) is 0 Å². The molecular formula is C19H16F3NO2S. The number of amides is 1. The van der Waals surface area contributed by atoms with Crippen LogP contribution in [0.1, 0.15) is 20.8 Å². The van der Waals surface area contributed by atoms with Gasteiger partial charge in [0, 0.05) is 16.6 Å². The number of thiophene rings is 1. The van der Waals surface area contributed by atoms with Crippen molar-refractivity contribution in [1.82, 2.24) is 5.32 Å². The number of rotatable bonds is 6. The van der Waals surface area contributed by atoms with Crippen LogP contribution < -0.4 is 10.1 Å². The molecule has 1 heterocycles. The number of alkyl halides is 2. The third-order valence-corrected chi connectivity index (χ3v) is 5.21. The number of halogens is 3. The summed E-state index contributed by atoms with van der Waals surface area (Å²) in [4.78, 5) is 12.9. The summed E-state index contributed by atoms with van der Waals surface area (Å²) in [6.45, 7) is -0.739. The molecule has 0 aliphatic rings. The van der Waals surface area contributed by atoms with Crippen LogP contribution in [-0.4, -0.2) is 19.1 Å². The number of fused-ring (bicyclic) bond motifs is 1. The molecule has 0 aliphatic carbocycles. The summed E-state index contributed by atoms with van der Waals surface area (Å²) >= 11 is 1.26. The Balaban J connectivity index is 1.61. The van der Waals surface area contributed by atoms with Gasteiger partial charge in [0.15, 0.2) is 0 Å². The second-order valence-electron chi connectivity index (χ2n) is 5.70. The number of nitrogens with one attached hydrogen (secondary N) is 1. The largest absolute Gasteiger partial charge is 0.435 e. The Morgan fingerprint density at radius 2 is 1.92 bits per heavy atom. The summed E-state index contributed by atoms with van der Waals surface area (Å²) in [5.74, 6) is -0.488. The van der Waals surface area contributed by atoms with E-state index in [2.05, 4.69) is 10.1 Å². The van der Waals surface area contributed by atoms with E-state index >= 15 is 0 Å². The molecule has 2 aromatic carbocycles. The number of benzene rings is 2. The fourth-order valence-corrected chi connectivity index (χ4v) is 3.85. The van der Waals surface area contributed by atoms with Crippen molar-refractivity contribution in [2.24, 2.45) is 0 Å². The minimum atomic E-state index is -2.85. The predicted molar refractivity (Wildman–Crippen MR) is 95.6 cm³/mol. The van der Waals surface area contributed by atoms with Crippen molar-refractivity contribution in [3.8, 4) is 5.75 Å². The normalized spacial score (nSPS) is 11.1. The average molecular weight is 379 g/mol. The van der Waals surface area contributed by atoms with Gasteiger partial charge < -0.3 is 10.1 Å². The van der Waals surface area contributed by atoms with Gasteiger partial charge in [0.05, 0.1) is 4.88 Å². The summed E-state index contributed by atoms with van der Waals surface area (Å²) in [5, 5.41) is 3.30. The van der Waals surface area contributed by atoms with Crippen LogP contribution in [0.25, 0.3) is 10.1 Å². The monoisotopic (exact) mass is 379 g/mol. The molecule has 0 bridgehead atoms. The quantitative estimate of drug-likeness (QED) is 0.660. The molecular weight excluding hydrogens is 363 g/mol. The van der Waals surface area contributed by atoms with Crippen LogP contribution in [-0.2, 0) is 6.42 Å². The number of carbonyl (C=O) groups excluding carboxylic acids is 1. The van der Waals surface area contributed by atoms with Gasteiger partial charge in [-0.05, 0) is 48.7 Å². The molecule has 0 spiro atoms. The molecule has 0 saturated heterocycles. The van der Waals surface area contributed by atoms with Gasteiger partial charge in [0.25, 0.3) is 5.91 Å². The lowest BCUT2D eigenvalue weighted by Gasteiger charge is -2.07. The summed E-state index contributed by atoms with van der Waals surface area (Å²) < 4.78 is 43.2. The maximum Gasteiger partial charge on any atom is 0.387 e. The van der Waals surface area contributed by atoms with Crippen LogP contribution in [0.15, 0.2) is 42.5 Å². The molecule has 0 aliphatic heterocycles. The molecule has 0 atom stereocenters. The summed E-state index contributed by atoms with van der Waals surface area (Å²) in [6, 6.07) is 11.1. The fourth-order valence-electron chi connectivity index (χ4n) is 2.71. The summed E-state index contributed by atoms with van der Waals surface area (Å²) in [6.07, 6.45) is 0.541. The maximum absolute atomic E-state index is 13.9. The van der Waals surface area contributed by atoms with Crippen molar-refractivity contribution in [2.45, 2.75) is 20.0 Å². The summed E-state index contributed by atoms with van der Waals surface area (Å²) in [5.41, 5.74) is 1.51. The highest BCUT2D eigenvalue weighted by Crippen LogP contribution is 2.32. The molecule has 26 heavy (non-hydrogen) atoms. The first-order chi connectivity index (χ1) is 12.5. The average Bonchev–Trinajstić information content (AvgIpc) is 2.94. The van der Waals surface area contributed by atoms with E-state index < -0.39 is 6.61 Å². The number of aryl methyl sites for hydroxylation is 1. The number of hydrogen-bond donors (Lipinski definition) is 1. The molecule has 1 aromatic heterocycles. The van der Waals surface area contributed by atoms with E-state index in [1.165, 1.54) is 29.5 Å². The Hall–Kier alpha value is -2.54. The SMILES string of the molecule is Cc1c(C(=O)NCCc2ccc(OC(F)F)cc2)sc2cccc(F)c12. The van der Waals surface area contributed by atoms with Crippen molar-refractivity contribution in [1.29, 1.82) is 0 Å². The van der Waals surface area contributed by atoms with Crippen LogP contribution in [0.3, 0.4) is 0 Å². The molecule has 1 amide bonds. The van der Waals surface area contributed by atoms with Crippen LogP contribution in [0.5, 0.6) is 5.75 Å². The highest BCUT2D eigenvalue weighted by molar-refractivity contribution is 7.21. The van der Waals surface area contributed by atoms with Crippen molar-refractivity contribution in [3.05, 3.63) is 64.3 Å². The Bertz CT molecular complexity index is 922. The highest BCUT2D eigenvalue weighted by Gasteiger charge is 2.17. The molecule has 7 heteroatoms. The van der Waals surface area contributed by atoms with E-state index in [4.69, 9.17) is 0 Å². The van der Waals surface area contributed by atoms with E-state index in [-0.39, 0.29) is 17.5 Å². The molecule has 136 valence electrons. The molecule has 0 fully saturated rings. The minimum absolute atomic E-state index is 0.0933. The first kappa shape index (κ1) is 18.3. The van der Waals surface area contributed by atoms with Gasteiger partial charge in [0.1, 0.15) is 11.6 Å². The second kappa shape index (κ2) is 7.78. The minimum Gasteiger partial charge on any atom is -0.435 e. The zero-order valence-corrected chi connectivity index (χ0v) is 14.7. The Morgan fingerprint density at radius 1 is 1.19 bits per heavy atom. The van der Waals surface area contributed by atoms with Gasteiger partial charge in [-0.2, -0.15) is 8.78 Å². The van der Waals surface area contributed by atoms with Crippen molar-refractivity contribution >= 4 is 27.3 Å². The zero-order valence-electron chi connectivity index (χ0n) is 13.9. The Labute approximate surface area is 152 Å². The Kier molecular flexibility index (Phi) is 5.46. The van der Waals surface area contributed by atoms with E-state index in [0.717, 1.165) is 10.3 Å². The molecule has 3 aromatic rings. The third kappa shape index (κ3) is 3.99. The van der Waals surface area contributed by atoms with E-state index in [0.29, 0.717) is 28.8 Å². The van der Waals surface area contributed by atoms with Gasteiger partial charge in [-0.1, -0.05) is 18.2 Å². The number of ether oxygens (including phenoxy) is 1. The van der Waals surface area contributed by atoms with Gasteiger partial charge in [0.2, 0.25) is 0 Å². The van der Waals surface area contributed by atoms with Crippen LogP contribution in [0.4, 0.5) is 13.2 Å². The van der Waals surface area contributed by atoms with Gasteiger partial charge >= 0.3 is 6.61 Å². The van der Waals surface area contributed by atoms with Crippen molar-refractivity contribution in [2.75, 3.05) is 6.54 Å². The first-order valence-corrected chi connectivity index (χ1v) is 8.77. The predicted octanol–water partition coefficient (Wildman–Crippen LogP) is 4.92. The Morgan fingerprint density at radius 3 is 2.58 bits per heavy atom. The maximum atomic E-state index is 13.9. The number of hydrogen-bond acceptors (Lipinski definition) is 3. The van der Waals surface area contributed by atoms with Crippen LogP contribution in [0.2, 0.25) is 0 Å². The topological polar surface area (TPSA) is 38.3 Å². The third-order valence-electron chi connectivity index (χ3n) is 3.96. The molecule has 3 rings (SSSR count). The smallest absolute Gasteiger partial charge is 0.387 e. The molecule has 0 saturated carbocycles. The standard InChI is InChI=1S/C19H16F3NO2S/c1-11-16-14(20)3-2-4-15(16)26-17(11)18(24)23-10-9-12-5-7-13(8-6-12)25-19(21)22/h2-8,19H,9-10H2,1H3,(H,23,24). The van der Waals surface area contributed by atoms with Gasteiger partial charge in [-0.25, -0.2) is 4.39 Å². The zero-order chi connectivity index (χ0) is 18.7. The van der Waals surface area contributed by atoms with Gasteiger partial charge in [-0.15, -0.1) is 11.3 Å². The summed E-state index contributed by atoms with van der Waals surface area (Å²) in [7, 11) is 0. The second-order valence-corrected chi connectivity index (χ2v) is 6.75. The molecule has 0 unspecified atom stereocenters. The lowest BCUT2D eigenvalue weighted by Crippen LogP contribution is -2.25. The highest BCUT2D eigenvalue weighted by atomic mass is 32.1. The van der Waals surface area contributed by atoms with Crippen LogP contribution in [0, 0.1) is 12.7 Å². The van der Waals surface area contributed by atoms with Gasteiger partial charge in [-0.3, -0.25) is 4.79 Å². The first-order valence-electron chi connectivity index (χ1n) is 7.95.